The van der Waals surface area contributed by atoms with E-state index in [1.807, 2.05) is 75.4 Å². The van der Waals surface area contributed by atoms with Gasteiger partial charge < -0.3 is 19.7 Å². The number of nitrogens with one attached hydrogen (secondary N) is 1. The van der Waals surface area contributed by atoms with E-state index in [1.165, 1.54) is 0 Å². The molecule has 0 aromatic heterocycles. The van der Waals surface area contributed by atoms with Crippen molar-refractivity contribution in [3.8, 4) is 11.5 Å². The fourth-order valence-corrected chi connectivity index (χ4v) is 4.02. The van der Waals surface area contributed by atoms with Gasteiger partial charge in [-0.15, -0.1) is 0 Å². The average molecular weight is 523 g/mol. The zero-order valence-electron chi connectivity index (χ0n) is 21.9. The number of hydrogen-bond acceptors (Lipinski definition) is 4. The molecule has 1 N–H and O–H groups in total. The lowest BCUT2D eigenvalue weighted by Crippen LogP contribution is -2.53. The van der Waals surface area contributed by atoms with Crippen molar-refractivity contribution in [2.75, 3.05) is 13.7 Å². The van der Waals surface area contributed by atoms with E-state index in [-0.39, 0.29) is 31.0 Å². The van der Waals surface area contributed by atoms with Gasteiger partial charge in [0.1, 0.15) is 17.5 Å². The van der Waals surface area contributed by atoms with Gasteiger partial charge in [-0.05, 0) is 67.3 Å². The third kappa shape index (κ3) is 8.25. The molecule has 2 atom stereocenters. The summed E-state index contributed by atoms with van der Waals surface area (Å²) in [6.07, 6.45) is 1.16. The van der Waals surface area contributed by atoms with E-state index in [1.54, 1.807) is 30.2 Å². The molecule has 3 aromatic carbocycles. The Labute approximate surface area is 224 Å². The highest BCUT2D eigenvalue weighted by atomic mass is 35.5. The lowest BCUT2D eigenvalue weighted by molar-refractivity contribution is -0.143. The van der Waals surface area contributed by atoms with Gasteiger partial charge in [0.2, 0.25) is 5.91 Å². The van der Waals surface area contributed by atoms with Gasteiger partial charge in [0.25, 0.3) is 5.91 Å². The van der Waals surface area contributed by atoms with E-state index in [2.05, 4.69) is 5.32 Å². The van der Waals surface area contributed by atoms with Crippen molar-refractivity contribution in [1.29, 1.82) is 0 Å². The Balaban J connectivity index is 1.93. The molecule has 3 rings (SSSR count). The van der Waals surface area contributed by atoms with Crippen molar-refractivity contribution in [2.24, 2.45) is 0 Å². The number of carbonyl (C=O) groups is 2. The molecule has 0 saturated heterocycles. The molecule has 3 aromatic rings. The topological polar surface area (TPSA) is 67.9 Å². The molecule has 0 saturated carbocycles. The molecule has 37 heavy (non-hydrogen) atoms. The highest BCUT2D eigenvalue weighted by Crippen LogP contribution is 2.22. The maximum Gasteiger partial charge on any atom is 0.261 e. The van der Waals surface area contributed by atoms with Crippen molar-refractivity contribution >= 4 is 23.4 Å². The number of ether oxygens (including phenoxy) is 2. The van der Waals surface area contributed by atoms with Crippen molar-refractivity contribution in [1.82, 2.24) is 10.2 Å². The minimum Gasteiger partial charge on any atom is -0.497 e. The Kier molecular flexibility index (Phi) is 10.4. The Bertz CT molecular complexity index is 1190. The molecule has 0 heterocycles. The standard InChI is InChI=1S/C30H35ClN2O4/c1-5-22(3)32-30(35)28(18-23-10-7-6-8-11-23)33(19-24-12-9-13-25(17-24)36-4)29(34)20-37-26-14-15-27(31)21(2)16-26/h6-17,22,28H,5,18-20H2,1-4H3,(H,32,35). The van der Waals surface area contributed by atoms with Crippen molar-refractivity contribution in [3.63, 3.8) is 0 Å². The number of methoxy groups -OCH3 is 1. The summed E-state index contributed by atoms with van der Waals surface area (Å²) in [6, 6.07) is 21.7. The van der Waals surface area contributed by atoms with E-state index in [9.17, 15) is 9.59 Å². The van der Waals surface area contributed by atoms with Crippen LogP contribution in [0, 0.1) is 6.92 Å². The van der Waals surface area contributed by atoms with Crippen molar-refractivity contribution in [2.45, 2.75) is 52.2 Å². The van der Waals surface area contributed by atoms with Crippen LogP contribution in [0.15, 0.2) is 72.8 Å². The lowest BCUT2D eigenvalue weighted by Gasteiger charge is -2.32. The van der Waals surface area contributed by atoms with E-state index >= 15 is 0 Å². The molecule has 0 radical (unpaired) electrons. The minimum atomic E-state index is -0.731. The third-order valence-electron chi connectivity index (χ3n) is 6.25. The van der Waals surface area contributed by atoms with Gasteiger partial charge in [-0.25, -0.2) is 0 Å². The second-order valence-corrected chi connectivity index (χ2v) is 9.50. The number of halogens is 1. The Morgan fingerprint density at radius 1 is 0.973 bits per heavy atom. The van der Waals surface area contributed by atoms with Gasteiger partial charge in [-0.1, -0.05) is 61.0 Å². The Hall–Kier alpha value is -3.51. The van der Waals surface area contributed by atoms with Crippen molar-refractivity contribution in [3.05, 3.63) is 94.5 Å². The number of hydrogen-bond donors (Lipinski definition) is 1. The van der Waals surface area contributed by atoms with Crippen LogP contribution in [0.1, 0.15) is 37.0 Å². The average Bonchev–Trinajstić information content (AvgIpc) is 2.91. The van der Waals surface area contributed by atoms with Crippen LogP contribution in [0.5, 0.6) is 11.5 Å². The summed E-state index contributed by atoms with van der Waals surface area (Å²) in [4.78, 5) is 28.8. The highest BCUT2D eigenvalue weighted by molar-refractivity contribution is 6.31. The van der Waals surface area contributed by atoms with Crippen LogP contribution < -0.4 is 14.8 Å². The maximum absolute atomic E-state index is 13.7. The molecule has 0 fully saturated rings. The third-order valence-corrected chi connectivity index (χ3v) is 6.67. The molecule has 0 aliphatic heterocycles. The summed E-state index contributed by atoms with van der Waals surface area (Å²) in [5, 5.41) is 3.70. The van der Waals surface area contributed by atoms with Crippen LogP contribution >= 0.6 is 11.6 Å². The van der Waals surface area contributed by atoms with E-state index in [4.69, 9.17) is 21.1 Å². The van der Waals surface area contributed by atoms with Gasteiger partial charge in [0.05, 0.1) is 7.11 Å². The smallest absolute Gasteiger partial charge is 0.261 e. The summed E-state index contributed by atoms with van der Waals surface area (Å²) in [7, 11) is 1.60. The second kappa shape index (κ2) is 13.7. The van der Waals surface area contributed by atoms with Gasteiger partial charge in [0, 0.05) is 24.0 Å². The SMILES string of the molecule is CCC(C)NC(=O)C(Cc1ccccc1)N(Cc1cccc(OC)c1)C(=O)COc1ccc(Cl)c(C)c1. The predicted octanol–water partition coefficient (Wildman–Crippen LogP) is 5.59. The minimum absolute atomic E-state index is 0.0205. The zero-order chi connectivity index (χ0) is 26.8. The molecule has 2 unspecified atom stereocenters. The predicted molar refractivity (Wildman–Crippen MR) is 147 cm³/mol. The normalized spacial score (nSPS) is 12.4. The van der Waals surface area contributed by atoms with Crippen LogP contribution in [0.4, 0.5) is 0 Å². The van der Waals surface area contributed by atoms with Gasteiger partial charge >= 0.3 is 0 Å². The first-order valence-corrected chi connectivity index (χ1v) is 12.8. The molecule has 2 amide bonds. The van der Waals surface area contributed by atoms with Gasteiger partial charge in [-0.3, -0.25) is 9.59 Å². The number of carbonyl (C=O) groups excluding carboxylic acids is 2. The summed E-state index contributed by atoms with van der Waals surface area (Å²) in [6.45, 7) is 5.86. The fourth-order valence-electron chi connectivity index (χ4n) is 3.90. The summed E-state index contributed by atoms with van der Waals surface area (Å²) in [5.74, 6) is 0.731. The second-order valence-electron chi connectivity index (χ2n) is 9.10. The zero-order valence-corrected chi connectivity index (χ0v) is 22.6. The Morgan fingerprint density at radius 2 is 1.70 bits per heavy atom. The first-order chi connectivity index (χ1) is 17.8. The summed E-state index contributed by atoms with van der Waals surface area (Å²) in [5.41, 5.74) is 2.67. The maximum atomic E-state index is 13.7. The van der Waals surface area contributed by atoms with Gasteiger partial charge in [-0.2, -0.15) is 0 Å². The van der Waals surface area contributed by atoms with Crippen LogP contribution in [0.2, 0.25) is 5.02 Å². The molecule has 196 valence electrons. The molecular formula is C30H35ClN2O4. The van der Waals surface area contributed by atoms with E-state index in [0.717, 1.165) is 23.1 Å². The number of aryl methyl sites for hydroxylation is 1. The number of amides is 2. The molecule has 0 bridgehead atoms. The molecule has 0 aliphatic rings. The van der Waals surface area contributed by atoms with Crippen LogP contribution in [0.25, 0.3) is 0 Å². The first-order valence-electron chi connectivity index (χ1n) is 12.5. The number of benzene rings is 3. The molecule has 0 aliphatic carbocycles. The first kappa shape index (κ1) is 28.1. The molecule has 6 nitrogen and oxygen atoms in total. The largest absolute Gasteiger partial charge is 0.497 e. The number of rotatable bonds is 12. The van der Waals surface area contributed by atoms with E-state index in [0.29, 0.717) is 22.9 Å². The molecule has 0 spiro atoms. The summed E-state index contributed by atoms with van der Waals surface area (Å²) < 4.78 is 11.2. The van der Waals surface area contributed by atoms with E-state index < -0.39 is 6.04 Å². The quantitative estimate of drug-likeness (QED) is 0.336. The lowest BCUT2D eigenvalue weighted by atomic mass is 10.0. The van der Waals surface area contributed by atoms with Crippen LogP contribution in [-0.4, -0.2) is 42.5 Å². The number of nitrogens with zero attached hydrogens (tertiary/aromatic N) is 1. The summed E-state index contributed by atoms with van der Waals surface area (Å²) >= 11 is 6.13. The Morgan fingerprint density at radius 3 is 2.38 bits per heavy atom. The highest BCUT2D eigenvalue weighted by Gasteiger charge is 2.31. The molecular weight excluding hydrogens is 488 g/mol. The monoisotopic (exact) mass is 522 g/mol. The van der Waals surface area contributed by atoms with Crippen LogP contribution in [-0.2, 0) is 22.6 Å². The van der Waals surface area contributed by atoms with Crippen LogP contribution in [0.3, 0.4) is 0 Å². The molecule has 7 heteroatoms. The van der Waals surface area contributed by atoms with Gasteiger partial charge in [0.15, 0.2) is 6.61 Å². The fraction of sp³-hybridized carbons (Fsp3) is 0.333. The van der Waals surface area contributed by atoms with Crippen molar-refractivity contribution < 1.29 is 19.1 Å².